The van der Waals surface area contributed by atoms with Crippen LogP contribution in [0.25, 0.3) is 0 Å². The van der Waals surface area contributed by atoms with Crippen LogP contribution in [-0.4, -0.2) is 50.7 Å². The van der Waals surface area contributed by atoms with Crippen molar-refractivity contribution >= 4 is 5.97 Å². The molecule has 4 heteroatoms. The van der Waals surface area contributed by atoms with Crippen molar-refractivity contribution < 1.29 is 9.53 Å². The van der Waals surface area contributed by atoms with Crippen LogP contribution in [0.4, 0.5) is 0 Å². The molecule has 0 fully saturated rings. The highest BCUT2D eigenvalue weighted by atomic mass is 16.5. The van der Waals surface area contributed by atoms with E-state index in [1.165, 1.54) is 0 Å². The van der Waals surface area contributed by atoms with Gasteiger partial charge >= 0.3 is 5.97 Å². The number of nitrogens with zero attached hydrogens (tertiary/aromatic N) is 1. The van der Waals surface area contributed by atoms with Crippen molar-refractivity contribution in [2.75, 3.05) is 33.7 Å². The molecule has 0 spiro atoms. The van der Waals surface area contributed by atoms with Crippen molar-refractivity contribution in [3.8, 4) is 0 Å². The molecule has 0 rings (SSSR count). The fourth-order valence-corrected chi connectivity index (χ4v) is 1.86. The Hall–Kier alpha value is -0.610. The number of nitrogens with one attached hydrogen (secondary N) is 1. The Balaban J connectivity index is 3.51. The Morgan fingerprint density at radius 3 is 2.53 bits per heavy atom. The number of carbonyl (C=O) groups is 1. The lowest BCUT2D eigenvalue weighted by Crippen LogP contribution is -2.25. The minimum absolute atomic E-state index is 0.0666. The largest absolute Gasteiger partial charge is 0.462 e. The maximum absolute atomic E-state index is 11.6. The zero-order valence-corrected chi connectivity index (χ0v) is 13.2. The number of esters is 1. The lowest BCUT2D eigenvalue weighted by Gasteiger charge is -2.16. The van der Waals surface area contributed by atoms with Crippen molar-refractivity contribution in [1.82, 2.24) is 10.2 Å². The Labute approximate surface area is 118 Å². The van der Waals surface area contributed by atoms with Crippen LogP contribution in [0.15, 0.2) is 0 Å². The van der Waals surface area contributed by atoms with Crippen LogP contribution >= 0.6 is 0 Å². The summed E-state index contributed by atoms with van der Waals surface area (Å²) in [5.41, 5.74) is 0. The Bertz CT molecular complexity index is 220. The van der Waals surface area contributed by atoms with Gasteiger partial charge < -0.3 is 15.0 Å². The van der Waals surface area contributed by atoms with Crippen LogP contribution in [0.3, 0.4) is 0 Å². The molecule has 0 amide bonds. The smallest absolute Gasteiger partial charge is 0.307 e. The van der Waals surface area contributed by atoms with Crippen molar-refractivity contribution in [3.63, 3.8) is 0 Å². The molecule has 1 N–H and O–H groups in total. The summed E-state index contributed by atoms with van der Waals surface area (Å²) in [5, 5.41) is 3.28. The van der Waals surface area contributed by atoms with Crippen molar-refractivity contribution in [2.24, 2.45) is 0 Å². The van der Waals surface area contributed by atoms with E-state index in [4.69, 9.17) is 4.74 Å². The van der Waals surface area contributed by atoms with Gasteiger partial charge in [-0.25, -0.2) is 0 Å². The van der Waals surface area contributed by atoms with Gasteiger partial charge in [0.25, 0.3) is 0 Å². The van der Waals surface area contributed by atoms with Crippen molar-refractivity contribution in [3.05, 3.63) is 0 Å². The van der Waals surface area contributed by atoms with Gasteiger partial charge in [-0.1, -0.05) is 26.7 Å². The van der Waals surface area contributed by atoms with Crippen molar-refractivity contribution in [2.45, 2.75) is 58.5 Å². The maximum Gasteiger partial charge on any atom is 0.307 e. The monoisotopic (exact) mass is 272 g/mol. The average molecular weight is 272 g/mol. The predicted molar refractivity (Wildman–Crippen MR) is 80.4 cm³/mol. The van der Waals surface area contributed by atoms with Gasteiger partial charge in [-0.3, -0.25) is 4.79 Å². The van der Waals surface area contributed by atoms with E-state index >= 15 is 0 Å². The Morgan fingerprint density at radius 2 is 1.95 bits per heavy atom. The van der Waals surface area contributed by atoms with Crippen LogP contribution in [0.5, 0.6) is 0 Å². The molecule has 19 heavy (non-hydrogen) atoms. The molecule has 0 bridgehead atoms. The summed E-state index contributed by atoms with van der Waals surface area (Å²) in [5.74, 6) is -0.0666. The minimum atomic E-state index is -0.0666. The van der Waals surface area contributed by atoms with Crippen LogP contribution in [0.1, 0.15) is 52.4 Å². The quantitative estimate of drug-likeness (QED) is 0.438. The van der Waals surface area contributed by atoms with E-state index in [-0.39, 0.29) is 12.1 Å². The molecule has 0 aromatic heterocycles. The molecule has 0 saturated heterocycles. The molecule has 0 saturated carbocycles. The second-order valence-corrected chi connectivity index (χ2v) is 5.32. The van der Waals surface area contributed by atoms with Crippen LogP contribution in [0, 0.1) is 0 Å². The van der Waals surface area contributed by atoms with Gasteiger partial charge in [0.1, 0.15) is 6.10 Å². The molecule has 0 aliphatic rings. The summed E-state index contributed by atoms with van der Waals surface area (Å²) in [6, 6.07) is 0. The molecule has 0 radical (unpaired) electrons. The van der Waals surface area contributed by atoms with Gasteiger partial charge in [0.2, 0.25) is 0 Å². The highest BCUT2D eigenvalue weighted by molar-refractivity contribution is 5.69. The van der Waals surface area contributed by atoms with Gasteiger partial charge in [-0.2, -0.15) is 0 Å². The van der Waals surface area contributed by atoms with E-state index in [0.717, 1.165) is 51.7 Å². The van der Waals surface area contributed by atoms with Gasteiger partial charge in [-0.05, 0) is 46.4 Å². The van der Waals surface area contributed by atoms with Crippen LogP contribution in [0.2, 0.25) is 0 Å². The van der Waals surface area contributed by atoms with E-state index in [9.17, 15) is 4.79 Å². The first-order chi connectivity index (χ1) is 9.10. The molecule has 0 aromatic carbocycles. The summed E-state index contributed by atoms with van der Waals surface area (Å²) in [6.45, 7) is 6.99. The lowest BCUT2D eigenvalue weighted by atomic mass is 10.1. The van der Waals surface area contributed by atoms with E-state index in [1.807, 2.05) is 0 Å². The molecule has 1 atom stereocenters. The fraction of sp³-hybridized carbons (Fsp3) is 0.933. The van der Waals surface area contributed by atoms with Gasteiger partial charge in [0.05, 0.1) is 6.42 Å². The standard InChI is InChI=1S/C15H32N2O2/c1-5-7-9-14(6-2)19-15(18)10-12-16-11-8-13-17(3)4/h14,16H,5-13H2,1-4H3. The SMILES string of the molecule is CCCCC(CC)OC(=O)CCNCCCN(C)C. The fourth-order valence-electron chi connectivity index (χ4n) is 1.86. The zero-order chi connectivity index (χ0) is 14.5. The number of hydrogen-bond donors (Lipinski definition) is 1. The molecule has 114 valence electrons. The molecular formula is C15H32N2O2. The molecule has 0 aliphatic carbocycles. The summed E-state index contributed by atoms with van der Waals surface area (Å²) in [4.78, 5) is 13.8. The summed E-state index contributed by atoms with van der Waals surface area (Å²) < 4.78 is 5.46. The number of carbonyl (C=O) groups excluding carboxylic acids is 1. The van der Waals surface area contributed by atoms with Gasteiger partial charge in [0, 0.05) is 6.54 Å². The first-order valence-electron chi connectivity index (χ1n) is 7.65. The number of hydrogen-bond acceptors (Lipinski definition) is 4. The lowest BCUT2D eigenvalue weighted by molar-refractivity contribution is -0.149. The van der Waals surface area contributed by atoms with Crippen LogP contribution in [-0.2, 0) is 9.53 Å². The number of ether oxygens (including phenoxy) is 1. The van der Waals surface area contributed by atoms with Gasteiger partial charge in [-0.15, -0.1) is 0 Å². The maximum atomic E-state index is 11.6. The van der Waals surface area contributed by atoms with Gasteiger partial charge in [0.15, 0.2) is 0 Å². The van der Waals surface area contributed by atoms with E-state index in [2.05, 4.69) is 38.2 Å². The summed E-state index contributed by atoms with van der Waals surface area (Å²) in [7, 11) is 4.14. The summed E-state index contributed by atoms with van der Waals surface area (Å²) >= 11 is 0. The predicted octanol–water partition coefficient (Wildman–Crippen LogP) is 2.43. The van der Waals surface area contributed by atoms with E-state index < -0.39 is 0 Å². The first-order valence-corrected chi connectivity index (χ1v) is 7.65. The number of rotatable bonds is 12. The third kappa shape index (κ3) is 12.2. The molecule has 4 nitrogen and oxygen atoms in total. The Kier molecular flexibility index (Phi) is 12.0. The molecular weight excluding hydrogens is 240 g/mol. The van der Waals surface area contributed by atoms with Crippen molar-refractivity contribution in [1.29, 1.82) is 0 Å². The van der Waals surface area contributed by atoms with E-state index in [0.29, 0.717) is 6.42 Å². The molecule has 0 aliphatic heterocycles. The van der Waals surface area contributed by atoms with E-state index in [1.54, 1.807) is 0 Å². The normalized spacial score (nSPS) is 12.7. The second-order valence-electron chi connectivity index (χ2n) is 5.32. The van der Waals surface area contributed by atoms with Crippen LogP contribution < -0.4 is 5.32 Å². The minimum Gasteiger partial charge on any atom is -0.462 e. The summed E-state index contributed by atoms with van der Waals surface area (Å²) in [6.07, 6.45) is 5.90. The highest BCUT2D eigenvalue weighted by Crippen LogP contribution is 2.09. The molecule has 0 aromatic rings. The molecule has 0 heterocycles. The average Bonchev–Trinajstić information content (AvgIpc) is 2.38. The number of unbranched alkanes of at least 4 members (excludes halogenated alkanes) is 1. The topological polar surface area (TPSA) is 41.6 Å². The highest BCUT2D eigenvalue weighted by Gasteiger charge is 2.11. The molecule has 1 unspecified atom stereocenters. The first kappa shape index (κ1) is 18.4. The zero-order valence-electron chi connectivity index (χ0n) is 13.2. The Morgan fingerprint density at radius 1 is 1.21 bits per heavy atom. The second kappa shape index (κ2) is 12.4. The third-order valence-electron chi connectivity index (χ3n) is 3.10. The third-order valence-corrected chi connectivity index (χ3v) is 3.10.